The van der Waals surface area contributed by atoms with E-state index in [4.69, 9.17) is 33.7 Å². The van der Waals surface area contributed by atoms with Gasteiger partial charge in [-0.15, -0.1) is 0 Å². The number of hydrogen-bond acceptors (Lipinski definition) is 3. The molecule has 0 fully saturated rings. The van der Waals surface area contributed by atoms with Gasteiger partial charge in [0.15, 0.2) is 6.61 Å². The first-order chi connectivity index (χ1) is 9.95. The molecule has 0 spiro atoms. The van der Waals surface area contributed by atoms with E-state index in [1.54, 1.807) is 30.3 Å². The van der Waals surface area contributed by atoms with Crippen molar-refractivity contribution in [1.82, 2.24) is 0 Å². The molecule has 0 unspecified atom stereocenters. The summed E-state index contributed by atoms with van der Waals surface area (Å²) in [5, 5.41) is 3.62. The van der Waals surface area contributed by atoms with E-state index in [2.05, 4.69) is 5.32 Å². The van der Waals surface area contributed by atoms with E-state index in [1.807, 2.05) is 13.0 Å². The Labute approximate surface area is 132 Å². The zero-order chi connectivity index (χ0) is 15.4. The molecule has 0 radical (unpaired) electrons. The highest BCUT2D eigenvalue weighted by molar-refractivity contribution is 6.32. The number of carbonyl (C=O) groups excluding carboxylic acids is 1. The molecule has 6 heteroatoms. The van der Waals surface area contributed by atoms with E-state index in [0.29, 0.717) is 27.2 Å². The van der Waals surface area contributed by atoms with Crippen LogP contribution < -0.4 is 15.8 Å². The van der Waals surface area contributed by atoms with Gasteiger partial charge in [0.2, 0.25) is 0 Å². The van der Waals surface area contributed by atoms with Gasteiger partial charge < -0.3 is 15.8 Å². The first-order valence-electron chi connectivity index (χ1n) is 6.19. The van der Waals surface area contributed by atoms with Crippen molar-refractivity contribution in [2.45, 2.75) is 6.92 Å². The molecular formula is C15H14Cl2N2O2. The minimum Gasteiger partial charge on any atom is -0.482 e. The highest BCUT2D eigenvalue weighted by Gasteiger charge is 2.08. The van der Waals surface area contributed by atoms with E-state index >= 15 is 0 Å². The van der Waals surface area contributed by atoms with Crippen LogP contribution in [-0.2, 0) is 4.79 Å². The summed E-state index contributed by atoms with van der Waals surface area (Å²) in [6.07, 6.45) is 0. The van der Waals surface area contributed by atoms with Crippen LogP contribution >= 0.6 is 23.2 Å². The largest absolute Gasteiger partial charge is 0.482 e. The van der Waals surface area contributed by atoms with Gasteiger partial charge in [-0.1, -0.05) is 29.3 Å². The van der Waals surface area contributed by atoms with Crippen LogP contribution in [0.5, 0.6) is 5.75 Å². The third-order valence-electron chi connectivity index (χ3n) is 2.73. The zero-order valence-corrected chi connectivity index (χ0v) is 12.8. The van der Waals surface area contributed by atoms with Crippen molar-refractivity contribution in [3.05, 3.63) is 52.0 Å². The van der Waals surface area contributed by atoms with E-state index in [1.165, 1.54) is 0 Å². The molecule has 0 aliphatic carbocycles. The van der Waals surface area contributed by atoms with Crippen LogP contribution in [0.1, 0.15) is 5.56 Å². The van der Waals surface area contributed by atoms with Crippen molar-refractivity contribution in [1.29, 1.82) is 0 Å². The second-order valence-electron chi connectivity index (χ2n) is 4.50. The van der Waals surface area contributed by atoms with E-state index in [9.17, 15) is 4.79 Å². The lowest BCUT2D eigenvalue weighted by Gasteiger charge is -2.11. The molecule has 2 rings (SSSR count). The molecule has 1 amide bonds. The van der Waals surface area contributed by atoms with Gasteiger partial charge in [-0.3, -0.25) is 4.79 Å². The normalized spacial score (nSPS) is 10.2. The van der Waals surface area contributed by atoms with Crippen LogP contribution in [-0.4, -0.2) is 12.5 Å². The van der Waals surface area contributed by atoms with Gasteiger partial charge in [-0.2, -0.15) is 0 Å². The number of nitrogen functional groups attached to an aromatic ring is 1. The first kappa shape index (κ1) is 15.5. The summed E-state index contributed by atoms with van der Waals surface area (Å²) in [7, 11) is 0. The molecule has 0 aliphatic rings. The molecule has 4 nitrogen and oxygen atoms in total. The molecule has 110 valence electrons. The monoisotopic (exact) mass is 324 g/mol. The molecule has 0 saturated carbocycles. The van der Waals surface area contributed by atoms with Crippen molar-refractivity contribution in [3.63, 3.8) is 0 Å². The number of rotatable bonds is 4. The standard InChI is InChI=1S/C15H14Cl2N2O2/c1-9-2-4-11(17)14(6-9)21-8-15(20)19-13-5-3-10(16)7-12(13)18/h2-7H,8,18H2,1H3,(H,19,20). The second-order valence-corrected chi connectivity index (χ2v) is 5.35. The van der Waals surface area contributed by atoms with Gasteiger partial charge in [0, 0.05) is 5.02 Å². The highest BCUT2D eigenvalue weighted by Crippen LogP contribution is 2.25. The number of nitrogens with one attached hydrogen (secondary N) is 1. The Morgan fingerprint density at radius 3 is 2.71 bits per heavy atom. The first-order valence-corrected chi connectivity index (χ1v) is 6.95. The molecule has 0 atom stereocenters. The van der Waals surface area contributed by atoms with Crippen LogP contribution in [0.4, 0.5) is 11.4 Å². The Hall–Kier alpha value is -1.91. The second kappa shape index (κ2) is 6.70. The van der Waals surface area contributed by atoms with Gasteiger partial charge in [0.25, 0.3) is 5.91 Å². The Balaban J connectivity index is 1.97. The minimum atomic E-state index is -0.332. The molecule has 2 aromatic rings. The summed E-state index contributed by atoms with van der Waals surface area (Å²) in [4.78, 5) is 11.9. The summed E-state index contributed by atoms with van der Waals surface area (Å²) in [6, 6.07) is 10.2. The molecule has 0 aromatic heterocycles. The van der Waals surface area contributed by atoms with Crippen LogP contribution in [0.25, 0.3) is 0 Å². The van der Waals surface area contributed by atoms with Gasteiger partial charge in [0.05, 0.1) is 16.4 Å². The summed E-state index contributed by atoms with van der Waals surface area (Å²) >= 11 is 11.8. The van der Waals surface area contributed by atoms with Gasteiger partial charge in [-0.25, -0.2) is 0 Å². The molecule has 0 bridgehead atoms. The summed E-state index contributed by atoms with van der Waals surface area (Å²) in [5.41, 5.74) is 7.64. The maximum atomic E-state index is 11.9. The highest BCUT2D eigenvalue weighted by atomic mass is 35.5. The summed E-state index contributed by atoms with van der Waals surface area (Å²) in [6.45, 7) is 1.75. The number of anilines is 2. The van der Waals surface area contributed by atoms with E-state index in [0.717, 1.165) is 5.56 Å². The maximum Gasteiger partial charge on any atom is 0.262 e. The van der Waals surface area contributed by atoms with Crippen LogP contribution in [0, 0.1) is 6.92 Å². The number of hydrogen-bond donors (Lipinski definition) is 2. The van der Waals surface area contributed by atoms with Crippen molar-refractivity contribution in [2.24, 2.45) is 0 Å². The number of nitrogens with two attached hydrogens (primary N) is 1. The molecule has 0 saturated heterocycles. The Morgan fingerprint density at radius 2 is 2.00 bits per heavy atom. The number of ether oxygens (including phenoxy) is 1. The fraction of sp³-hybridized carbons (Fsp3) is 0.133. The average Bonchev–Trinajstić information content (AvgIpc) is 2.43. The Bertz CT molecular complexity index is 675. The molecule has 2 aromatic carbocycles. The third-order valence-corrected chi connectivity index (χ3v) is 3.28. The molecule has 3 N–H and O–H groups in total. The fourth-order valence-corrected chi connectivity index (χ4v) is 2.05. The zero-order valence-electron chi connectivity index (χ0n) is 11.3. The van der Waals surface area contributed by atoms with Gasteiger partial charge in [-0.05, 0) is 42.8 Å². The van der Waals surface area contributed by atoms with Crippen molar-refractivity contribution < 1.29 is 9.53 Å². The van der Waals surface area contributed by atoms with Crippen molar-refractivity contribution >= 4 is 40.5 Å². The van der Waals surface area contributed by atoms with E-state index in [-0.39, 0.29) is 12.5 Å². The van der Waals surface area contributed by atoms with Gasteiger partial charge >= 0.3 is 0 Å². The van der Waals surface area contributed by atoms with Crippen LogP contribution in [0.15, 0.2) is 36.4 Å². The molecule has 0 aliphatic heterocycles. The van der Waals surface area contributed by atoms with Crippen LogP contribution in [0.2, 0.25) is 10.0 Å². The summed E-state index contributed by atoms with van der Waals surface area (Å²) < 4.78 is 5.40. The van der Waals surface area contributed by atoms with Gasteiger partial charge in [0.1, 0.15) is 5.75 Å². The number of aryl methyl sites for hydroxylation is 1. The molecule has 0 heterocycles. The lowest BCUT2D eigenvalue weighted by Crippen LogP contribution is -2.20. The van der Waals surface area contributed by atoms with Crippen molar-refractivity contribution in [2.75, 3.05) is 17.7 Å². The number of halogens is 2. The van der Waals surface area contributed by atoms with Crippen LogP contribution in [0.3, 0.4) is 0 Å². The number of benzene rings is 2. The lowest BCUT2D eigenvalue weighted by atomic mass is 10.2. The van der Waals surface area contributed by atoms with E-state index < -0.39 is 0 Å². The number of amides is 1. The summed E-state index contributed by atoms with van der Waals surface area (Å²) in [5.74, 6) is 0.137. The number of carbonyl (C=O) groups is 1. The topological polar surface area (TPSA) is 64.3 Å². The van der Waals surface area contributed by atoms with Crippen molar-refractivity contribution in [3.8, 4) is 5.75 Å². The molecular weight excluding hydrogens is 311 g/mol. The third kappa shape index (κ3) is 4.28. The maximum absolute atomic E-state index is 11.9. The lowest BCUT2D eigenvalue weighted by molar-refractivity contribution is -0.118. The fourth-order valence-electron chi connectivity index (χ4n) is 1.70. The SMILES string of the molecule is Cc1ccc(Cl)c(OCC(=O)Nc2ccc(Cl)cc2N)c1. The smallest absolute Gasteiger partial charge is 0.262 e. The predicted molar refractivity (Wildman–Crippen MR) is 86.2 cm³/mol. The minimum absolute atomic E-state index is 0.161. The molecule has 21 heavy (non-hydrogen) atoms. The average molecular weight is 325 g/mol. The predicted octanol–water partition coefficient (Wildman–Crippen LogP) is 3.90. The Kier molecular flexibility index (Phi) is 4.94. The Morgan fingerprint density at radius 1 is 1.24 bits per heavy atom. The quantitative estimate of drug-likeness (QED) is 0.838.